The second kappa shape index (κ2) is 11.5. The highest BCUT2D eigenvalue weighted by atomic mass is 35.5. The van der Waals surface area contributed by atoms with Crippen molar-refractivity contribution in [1.29, 1.82) is 0 Å². The Kier molecular flexibility index (Phi) is 7.60. The SMILES string of the molecule is CC1(C)SC2C(NC(c3ccccc3)(c3ccc(Cl)cc3)c3ccc(Cl)cc3)C(=O)N2C1c1nnnn1Cc1ccc(O)cc1. The molecule has 11 heteroatoms. The van der Waals surface area contributed by atoms with Gasteiger partial charge >= 0.3 is 0 Å². The minimum atomic E-state index is -0.883. The molecule has 2 saturated heterocycles. The molecule has 3 unspecified atom stereocenters. The van der Waals surface area contributed by atoms with Gasteiger partial charge in [-0.3, -0.25) is 10.1 Å². The van der Waals surface area contributed by atoms with Gasteiger partial charge in [0, 0.05) is 14.8 Å². The number of tetrazole rings is 1. The molecular formula is C34H30Cl2N6O2S. The Labute approximate surface area is 275 Å². The Morgan fingerprint density at radius 3 is 2.04 bits per heavy atom. The van der Waals surface area contributed by atoms with Gasteiger partial charge in [0.25, 0.3) is 0 Å². The van der Waals surface area contributed by atoms with Crippen LogP contribution >= 0.6 is 35.0 Å². The van der Waals surface area contributed by atoms with E-state index in [-0.39, 0.29) is 27.8 Å². The number of phenols is 1. The maximum absolute atomic E-state index is 14.3. The van der Waals surface area contributed by atoms with Crippen molar-refractivity contribution < 1.29 is 9.90 Å². The summed E-state index contributed by atoms with van der Waals surface area (Å²) in [5.74, 6) is 0.797. The number of benzene rings is 4. The van der Waals surface area contributed by atoms with Crippen LogP contribution in [0.5, 0.6) is 5.75 Å². The predicted molar refractivity (Wildman–Crippen MR) is 176 cm³/mol. The van der Waals surface area contributed by atoms with Gasteiger partial charge in [0.2, 0.25) is 5.91 Å². The van der Waals surface area contributed by atoms with Crippen molar-refractivity contribution in [3.8, 4) is 5.75 Å². The van der Waals surface area contributed by atoms with E-state index < -0.39 is 11.6 Å². The lowest BCUT2D eigenvalue weighted by molar-refractivity contribution is -0.150. The van der Waals surface area contributed by atoms with E-state index in [1.54, 1.807) is 28.6 Å². The molecule has 1 amide bonds. The summed E-state index contributed by atoms with van der Waals surface area (Å²) in [6.07, 6.45) is 0. The standard InChI is InChI=1S/C34H30Cl2N6O2S/c1-33(2)29(30-38-39-40-41(30)20-21-8-18-27(43)19-9-21)42-31(44)28(32(42)45-33)37-34(22-6-4-3-5-7-22,23-10-14-25(35)15-11-23)24-12-16-26(36)17-13-24/h3-19,28-29,32,37,43H,20H2,1-2H3. The summed E-state index contributed by atoms with van der Waals surface area (Å²) in [4.78, 5) is 16.2. The van der Waals surface area contributed by atoms with Gasteiger partial charge in [-0.15, -0.1) is 16.9 Å². The fourth-order valence-corrected chi connectivity index (χ4v) is 8.41. The fourth-order valence-electron chi connectivity index (χ4n) is 6.53. The molecule has 2 N–H and O–H groups in total. The third kappa shape index (κ3) is 5.17. The second-order valence-corrected chi connectivity index (χ2v) is 14.5. The number of thioether (sulfide) groups is 1. The van der Waals surface area contributed by atoms with Gasteiger partial charge in [-0.2, -0.15) is 0 Å². The second-order valence-electron chi connectivity index (χ2n) is 11.9. The number of phenolic OH excluding ortho intramolecular Hbond substituents is 1. The molecule has 0 saturated carbocycles. The smallest absolute Gasteiger partial charge is 0.244 e. The number of fused-ring (bicyclic) bond motifs is 1. The van der Waals surface area contributed by atoms with E-state index in [0.717, 1.165) is 22.3 Å². The number of hydrogen-bond acceptors (Lipinski definition) is 7. The maximum Gasteiger partial charge on any atom is 0.244 e. The van der Waals surface area contributed by atoms with Gasteiger partial charge in [-0.1, -0.05) is 89.9 Å². The summed E-state index contributed by atoms with van der Waals surface area (Å²) in [6.45, 7) is 4.68. The molecule has 3 atom stereocenters. The molecule has 5 aromatic rings. The number of carbonyl (C=O) groups excluding carboxylic acids is 1. The molecule has 1 aromatic heterocycles. The van der Waals surface area contributed by atoms with E-state index in [4.69, 9.17) is 23.2 Å². The fraction of sp³-hybridized carbons (Fsp3) is 0.235. The minimum Gasteiger partial charge on any atom is -0.508 e. The van der Waals surface area contributed by atoms with Gasteiger partial charge in [0.15, 0.2) is 5.82 Å². The first-order valence-corrected chi connectivity index (χ1v) is 16.2. The summed E-state index contributed by atoms with van der Waals surface area (Å²) < 4.78 is 1.36. The normalized spacial score (nSPS) is 20.6. The lowest BCUT2D eigenvalue weighted by Gasteiger charge is -2.49. The molecule has 228 valence electrons. The average Bonchev–Trinajstić information content (AvgIpc) is 3.59. The highest BCUT2D eigenvalue weighted by Gasteiger charge is 2.64. The third-order valence-corrected chi connectivity index (χ3v) is 10.7. The molecule has 2 aliphatic rings. The van der Waals surface area contributed by atoms with Crippen LogP contribution in [0, 0.1) is 0 Å². The number of nitrogens with one attached hydrogen (secondary N) is 1. The largest absolute Gasteiger partial charge is 0.508 e. The Bertz CT molecular complexity index is 1790. The van der Waals surface area contributed by atoms with E-state index in [9.17, 15) is 9.90 Å². The Morgan fingerprint density at radius 1 is 0.867 bits per heavy atom. The molecule has 3 heterocycles. The monoisotopic (exact) mass is 656 g/mol. The number of aromatic hydroxyl groups is 1. The Morgan fingerprint density at radius 2 is 1.44 bits per heavy atom. The van der Waals surface area contributed by atoms with E-state index in [1.165, 1.54) is 0 Å². The quantitative estimate of drug-likeness (QED) is 0.147. The first-order chi connectivity index (χ1) is 21.7. The van der Waals surface area contributed by atoms with Crippen molar-refractivity contribution in [3.05, 3.63) is 141 Å². The number of hydrogen-bond donors (Lipinski definition) is 2. The molecule has 8 nitrogen and oxygen atoms in total. The van der Waals surface area contributed by atoms with Gasteiger partial charge in [0.1, 0.15) is 23.2 Å². The number of β-lactam (4-membered cyclic amide) rings is 1. The van der Waals surface area contributed by atoms with Crippen LogP contribution in [0.4, 0.5) is 0 Å². The molecular weight excluding hydrogens is 627 g/mol. The molecule has 4 aromatic carbocycles. The minimum absolute atomic E-state index is 0.0227. The zero-order chi connectivity index (χ0) is 31.3. The molecule has 2 fully saturated rings. The molecule has 45 heavy (non-hydrogen) atoms. The van der Waals surface area contributed by atoms with Crippen molar-refractivity contribution in [3.63, 3.8) is 0 Å². The number of halogens is 2. The summed E-state index contributed by atoms with van der Waals surface area (Å²) in [5.41, 5.74) is 2.94. The van der Waals surface area contributed by atoms with Crippen molar-refractivity contribution in [2.75, 3.05) is 0 Å². The molecule has 2 aliphatic heterocycles. The highest BCUT2D eigenvalue weighted by Crippen LogP contribution is 2.57. The highest BCUT2D eigenvalue weighted by molar-refractivity contribution is 8.01. The predicted octanol–water partition coefficient (Wildman–Crippen LogP) is 6.42. The molecule has 7 rings (SSSR count). The van der Waals surface area contributed by atoms with Crippen LogP contribution in [-0.2, 0) is 16.9 Å². The average molecular weight is 658 g/mol. The van der Waals surface area contributed by atoms with E-state index in [2.05, 4.69) is 46.8 Å². The lowest BCUT2D eigenvalue weighted by Crippen LogP contribution is -2.70. The van der Waals surface area contributed by atoms with Gasteiger partial charge in [0.05, 0.1) is 12.1 Å². The number of aromatic nitrogens is 4. The topological polar surface area (TPSA) is 96.2 Å². The van der Waals surface area contributed by atoms with Crippen molar-refractivity contribution in [1.82, 2.24) is 30.4 Å². The Hall–Kier alpha value is -3.89. The number of carbonyl (C=O) groups is 1. The van der Waals surface area contributed by atoms with Crippen molar-refractivity contribution in [2.24, 2.45) is 0 Å². The van der Waals surface area contributed by atoms with Gasteiger partial charge in [-0.05, 0) is 82.9 Å². The lowest BCUT2D eigenvalue weighted by atomic mass is 9.76. The van der Waals surface area contributed by atoms with Crippen LogP contribution in [0.2, 0.25) is 10.0 Å². The summed E-state index contributed by atoms with van der Waals surface area (Å²) in [5, 5.41) is 27.4. The van der Waals surface area contributed by atoms with Gasteiger partial charge in [-0.25, -0.2) is 4.68 Å². The van der Waals surface area contributed by atoms with Crippen molar-refractivity contribution in [2.45, 2.75) is 48.1 Å². The van der Waals surface area contributed by atoms with Crippen molar-refractivity contribution >= 4 is 40.9 Å². The maximum atomic E-state index is 14.3. The van der Waals surface area contributed by atoms with Crippen LogP contribution in [-0.4, -0.2) is 52.3 Å². The van der Waals surface area contributed by atoms with Crippen LogP contribution in [0.1, 0.15) is 48.0 Å². The zero-order valence-corrected chi connectivity index (χ0v) is 26.8. The number of nitrogens with zero attached hydrogens (tertiary/aromatic N) is 5. The van der Waals surface area contributed by atoms with Crippen LogP contribution in [0.3, 0.4) is 0 Å². The van der Waals surface area contributed by atoms with E-state index >= 15 is 0 Å². The third-order valence-electron chi connectivity index (χ3n) is 8.65. The first kappa shape index (κ1) is 29.8. The molecule has 0 radical (unpaired) electrons. The number of rotatable bonds is 8. The van der Waals surface area contributed by atoms with E-state index in [0.29, 0.717) is 22.4 Å². The van der Waals surface area contributed by atoms with Crippen LogP contribution < -0.4 is 5.32 Å². The Balaban J connectivity index is 1.27. The molecule has 0 bridgehead atoms. The van der Waals surface area contributed by atoms with Crippen LogP contribution in [0.25, 0.3) is 0 Å². The molecule has 0 aliphatic carbocycles. The van der Waals surface area contributed by atoms with E-state index in [1.807, 2.05) is 83.8 Å². The van der Waals surface area contributed by atoms with Crippen LogP contribution in [0.15, 0.2) is 103 Å². The zero-order valence-electron chi connectivity index (χ0n) is 24.5. The summed E-state index contributed by atoms with van der Waals surface area (Å²) >= 11 is 14.4. The first-order valence-electron chi connectivity index (χ1n) is 14.6. The summed E-state index contributed by atoms with van der Waals surface area (Å²) in [6, 6.07) is 31.7. The van der Waals surface area contributed by atoms with Gasteiger partial charge < -0.3 is 10.0 Å². The number of amides is 1. The summed E-state index contributed by atoms with van der Waals surface area (Å²) in [7, 11) is 0. The molecule has 0 spiro atoms.